The molecular weight excluding hydrogens is 296 g/mol. The second-order valence-corrected chi connectivity index (χ2v) is 7.79. The Kier molecular flexibility index (Phi) is 5.36. The number of nitrogens with zero attached hydrogens (tertiary/aromatic N) is 2. The van der Waals surface area contributed by atoms with Crippen molar-refractivity contribution >= 4 is 26.7 Å². The zero-order valence-corrected chi connectivity index (χ0v) is 13.5. The molecule has 1 aromatic rings. The van der Waals surface area contributed by atoms with Crippen LogP contribution in [0.5, 0.6) is 0 Å². The summed E-state index contributed by atoms with van der Waals surface area (Å²) in [5, 5.41) is 5.51. The molecule has 1 unspecified atom stereocenters. The van der Waals surface area contributed by atoms with Gasteiger partial charge in [0.2, 0.25) is 0 Å². The molecule has 114 valence electrons. The van der Waals surface area contributed by atoms with Crippen molar-refractivity contribution in [2.24, 2.45) is 0 Å². The summed E-state index contributed by atoms with van der Waals surface area (Å²) in [6.45, 7) is 5.40. The third-order valence-electron chi connectivity index (χ3n) is 3.29. The zero-order chi connectivity index (χ0) is 14.6. The summed E-state index contributed by atoms with van der Waals surface area (Å²) >= 11 is 1.29. The van der Waals surface area contributed by atoms with Crippen LogP contribution < -0.4 is 10.0 Å². The van der Waals surface area contributed by atoms with E-state index in [-0.39, 0.29) is 6.04 Å². The molecule has 2 rings (SSSR count). The first kappa shape index (κ1) is 15.7. The van der Waals surface area contributed by atoms with E-state index >= 15 is 0 Å². The Labute approximate surface area is 124 Å². The smallest absolute Gasteiger partial charge is 0.303 e. The van der Waals surface area contributed by atoms with Crippen molar-refractivity contribution < 1.29 is 8.42 Å². The normalized spacial score (nSPS) is 21.2. The zero-order valence-electron chi connectivity index (χ0n) is 11.9. The standard InChI is InChI=1S/C12H22N4O2S2/c1-10(2)14-9-11-5-3-4-7-16(11)20(17,18)15-12-13-6-8-19-12/h6,8,10-11,14H,3-5,7,9H2,1-2H3,(H,13,15). The lowest BCUT2D eigenvalue weighted by atomic mass is 10.0. The molecular formula is C12H22N4O2S2. The van der Waals surface area contributed by atoms with E-state index in [1.807, 2.05) is 0 Å². The molecule has 1 saturated heterocycles. The highest BCUT2D eigenvalue weighted by molar-refractivity contribution is 7.90. The van der Waals surface area contributed by atoms with Crippen molar-refractivity contribution in [3.63, 3.8) is 0 Å². The molecule has 0 spiro atoms. The molecule has 0 amide bonds. The molecule has 8 heteroatoms. The Balaban J connectivity index is 2.06. The van der Waals surface area contributed by atoms with Crippen molar-refractivity contribution in [1.82, 2.24) is 14.6 Å². The lowest BCUT2D eigenvalue weighted by Gasteiger charge is -2.34. The van der Waals surface area contributed by atoms with E-state index in [0.717, 1.165) is 19.3 Å². The van der Waals surface area contributed by atoms with E-state index < -0.39 is 10.2 Å². The van der Waals surface area contributed by atoms with Crippen LogP contribution in [-0.2, 0) is 10.2 Å². The van der Waals surface area contributed by atoms with Crippen LogP contribution in [0.2, 0.25) is 0 Å². The van der Waals surface area contributed by atoms with Gasteiger partial charge in [-0.15, -0.1) is 11.3 Å². The van der Waals surface area contributed by atoms with E-state index in [9.17, 15) is 8.42 Å². The van der Waals surface area contributed by atoms with E-state index in [0.29, 0.717) is 24.3 Å². The molecule has 2 heterocycles. The van der Waals surface area contributed by atoms with E-state index in [4.69, 9.17) is 0 Å². The number of hydrogen-bond donors (Lipinski definition) is 2. The maximum Gasteiger partial charge on any atom is 0.303 e. The minimum atomic E-state index is -3.51. The van der Waals surface area contributed by atoms with Gasteiger partial charge < -0.3 is 5.32 Å². The summed E-state index contributed by atoms with van der Waals surface area (Å²) < 4.78 is 29.1. The fourth-order valence-electron chi connectivity index (χ4n) is 2.31. The predicted molar refractivity (Wildman–Crippen MR) is 82.1 cm³/mol. The lowest BCUT2D eigenvalue weighted by molar-refractivity contribution is 0.243. The Bertz CT molecular complexity index is 502. The van der Waals surface area contributed by atoms with E-state index in [1.165, 1.54) is 11.3 Å². The molecule has 1 fully saturated rings. The Morgan fingerprint density at radius 1 is 1.50 bits per heavy atom. The number of hydrogen-bond acceptors (Lipinski definition) is 5. The maximum atomic E-state index is 12.5. The van der Waals surface area contributed by atoms with Gasteiger partial charge in [0, 0.05) is 36.8 Å². The van der Waals surface area contributed by atoms with Crippen molar-refractivity contribution in [1.29, 1.82) is 0 Å². The van der Waals surface area contributed by atoms with Crippen LogP contribution in [0.25, 0.3) is 0 Å². The summed E-state index contributed by atoms with van der Waals surface area (Å²) in [7, 11) is -3.51. The average Bonchev–Trinajstić information content (AvgIpc) is 2.88. The number of piperidine rings is 1. The maximum absolute atomic E-state index is 12.5. The highest BCUT2D eigenvalue weighted by Gasteiger charge is 2.32. The molecule has 0 aliphatic carbocycles. The summed E-state index contributed by atoms with van der Waals surface area (Å²) in [6.07, 6.45) is 4.49. The minimum Gasteiger partial charge on any atom is -0.313 e. The van der Waals surface area contributed by atoms with Crippen LogP contribution >= 0.6 is 11.3 Å². The van der Waals surface area contributed by atoms with Crippen LogP contribution in [0, 0.1) is 0 Å². The SMILES string of the molecule is CC(C)NCC1CCCCN1S(=O)(=O)Nc1nccs1. The monoisotopic (exact) mass is 318 g/mol. The van der Waals surface area contributed by atoms with Crippen molar-refractivity contribution in [2.75, 3.05) is 17.8 Å². The largest absolute Gasteiger partial charge is 0.313 e. The quantitative estimate of drug-likeness (QED) is 0.836. The van der Waals surface area contributed by atoms with Gasteiger partial charge in [0.1, 0.15) is 0 Å². The van der Waals surface area contributed by atoms with Gasteiger partial charge >= 0.3 is 10.2 Å². The summed E-state index contributed by atoms with van der Waals surface area (Å²) in [4.78, 5) is 3.98. The van der Waals surface area contributed by atoms with Gasteiger partial charge in [-0.25, -0.2) is 9.71 Å². The van der Waals surface area contributed by atoms with Gasteiger partial charge in [0.15, 0.2) is 5.13 Å². The topological polar surface area (TPSA) is 74.3 Å². The Morgan fingerprint density at radius 2 is 2.30 bits per heavy atom. The average molecular weight is 318 g/mol. The van der Waals surface area contributed by atoms with Crippen LogP contribution in [0.4, 0.5) is 5.13 Å². The van der Waals surface area contributed by atoms with Gasteiger partial charge in [0.25, 0.3) is 0 Å². The number of thiazole rings is 1. The van der Waals surface area contributed by atoms with Crippen LogP contribution in [0.3, 0.4) is 0 Å². The summed E-state index contributed by atoms with van der Waals surface area (Å²) in [5.41, 5.74) is 0. The fraction of sp³-hybridized carbons (Fsp3) is 0.750. The second kappa shape index (κ2) is 6.84. The van der Waals surface area contributed by atoms with Crippen molar-refractivity contribution in [3.8, 4) is 0 Å². The number of aromatic nitrogens is 1. The summed E-state index contributed by atoms with van der Waals surface area (Å²) in [6, 6.07) is 0.372. The third kappa shape index (κ3) is 4.15. The molecule has 0 saturated carbocycles. The molecule has 0 radical (unpaired) electrons. The van der Waals surface area contributed by atoms with Gasteiger partial charge in [-0.1, -0.05) is 20.3 Å². The number of anilines is 1. The molecule has 0 aromatic carbocycles. The molecule has 0 bridgehead atoms. The number of rotatable bonds is 6. The minimum absolute atomic E-state index is 0.0172. The highest BCUT2D eigenvalue weighted by Crippen LogP contribution is 2.22. The van der Waals surface area contributed by atoms with Crippen molar-refractivity contribution in [2.45, 2.75) is 45.2 Å². The first-order valence-electron chi connectivity index (χ1n) is 6.91. The van der Waals surface area contributed by atoms with Crippen molar-refractivity contribution in [3.05, 3.63) is 11.6 Å². The molecule has 1 atom stereocenters. The summed E-state index contributed by atoms with van der Waals surface area (Å²) in [5.74, 6) is 0. The van der Waals surface area contributed by atoms with Gasteiger partial charge in [-0.2, -0.15) is 12.7 Å². The second-order valence-electron chi connectivity index (χ2n) is 5.27. The Morgan fingerprint density at radius 3 is 2.95 bits per heavy atom. The molecule has 2 N–H and O–H groups in total. The van der Waals surface area contributed by atoms with Gasteiger partial charge in [-0.3, -0.25) is 0 Å². The lowest BCUT2D eigenvalue weighted by Crippen LogP contribution is -2.51. The van der Waals surface area contributed by atoms with E-state index in [2.05, 4.69) is 28.9 Å². The van der Waals surface area contributed by atoms with Gasteiger partial charge in [-0.05, 0) is 12.8 Å². The Hall–Kier alpha value is -0.700. The van der Waals surface area contributed by atoms with Crippen LogP contribution in [0.1, 0.15) is 33.1 Å². The first-order valence-corrected chi connectivity index (χ1v) is 9.23. The van der Waals surface area contributed by atoms with E-state index in [1.54, 1.807) is 15.9 Å². The first-order chi connectivity index (χ1) is 9.49. The van der Waals surface area contributed by atoms with Gasteiger partial charge in [0.05, 0.1) is 0 Å². The molecule has 6 nitrogen and oxygen atoms in total. The number of nitrogens with one attached hydrogen (secondary N) is 2. The predicted octanol–water partition coefficient (Wildman–Crippen LogP) is 1.65. The van der Waals surface area contributed by atoms with Crippen LogP contribution in [-0.4, -0.2) is 42.9 Å². The highest BCUT2D eigenvalue weighted by atomic mass is 32.2. The third-order valence-corrected chi connectivity index (χ3v) is 5.66. The van der Waals surface area contributed by atoms with Crippen LogP contribution in [0.15, 0.2) is 11.6 Å². The molecule has 1 aromatic heterocycles. The fourth-order valence-corrected chi connectivity index (χ4v) is 4.52. The molecule has 20 heavy (non-hydrogen) atoms. The molecule has 1 aliphatic heterocycles. The molecule has 1 aliphatic rings.